The zero-order chi connectivity index (χ0) is 13.4. The number of halogens is 1. The molecule has 3 nitrogen and oxygen atoms in total. The maximum atomic E-state index is 6.31. The molecule has 1 aromatic heterocycles. The summed E-state index contributed by atoms with van der Waals surface area (Å²) in [5.74, 6) is 1.41. The van der Waals surface area contributed by atoms with Crippen LogP contribution in [0.15, 0.2) is 18.2 Å². The number of nitrogens with zero attached hydrogens (tertiary/aromatic N) is 1. The summed E-state index contributed by atoms with van der Waals surface area (Å²) in [5.41, 5.74) is 3.04. The first-order valence-electron chi connectivity index (χ1n) is 6.65. The molecule has 1 aromatic carbocycles. The molecule has 1 heterocycles. The molecule has 3 rings (SSSR count). The topological polar surface area (TPSA) is 34.2 Å². The van der Waals surface area contributed by atoms with Crippen molar-refractivity contribution >= 4 is 28.2 Å². The van der Waals surface area contributed by atoms with Gasteiger partial charge in [0.25, 0.3) is 0 Å². The number of methoxy groups -OCH3 is 1. The highest BCUT2D eigenvalue weighted by Crippen LogP contribution is 2.43. The van der Waals surface area contributed by atoms with Gasteiger partial charge in [0.1, 0.15) is 5.75 Å². The van der Waals surface area contributed by atoms with Crippen molar-refractivity contribution in [1.82, 2.24) is 4.98 Å². The fraction of sp³-hybridized carbons (Fsp3) is 0.400. The van der Waals surface area contributed by atoms with Crippen molar-refractivity contribution in [3.63, 3.8) is 0 Å². The molecule has 0 aliphatic heterocycles. The maximum Gasteiger partial charge on any atom is 0.130 e. The van der Waals surface area contributed by atoms with Crippen LogP contribution >= 0.6 is 11.6 Å². The van der Waals surface area contributed by atoms with Crippen molar-refractivity contribution in [3.8, 4) is 5.75 Å². The van der Waals surface area contributed by atoms with Crippen LogP contribution in [0.1, 0.15) is 31.4 Å². The molecule has 19 heavy (non-hydrogen) atoms. The van der Waals surface area contributed by atoms with Gasteiger partial charge in [-0.15, -0.1) is 0 Å². The van der Waals surface area contributed by atoms with E-state index in [1.54, 1.807) is 7.11 Å². The Bertz CT molecular complexity index is 623. The molecule has 1 fully saturated rings. The van der Waals surface area contributed by atoms with Gasteiger partial charge < -0.3 is 10.1 Å². The molecular weight excluding hydrogens is 260 g/mol. The van der Waals surface area contributed by atoms with Crippen molar-refractivity contribution in [2.24, 2.45) is 0 Å². The molecule has 0 bridgehead atoms. The molecule has 1 aliphatic rings. The van der Waals surface area contributed by atoms with E-state index < -0.39 is 0 Å². The number of anilines is 1. The van der Waals surface area contributed by atoms with Gasteiger partial charge in [-0.2, -0.15) is 0 Å². The second kappa shape index (κ2) is 4.89. The van der Waals surface area contributed by atoms with Gasteiger partial charge in [0.15, 0.2) is 0 Å². The number of rotatable bonds is 4. The summed E-state index contributed by atoms with van der Waals surface area (Å²) in [6, 6.07) is 5.88. The monoisotopic (exact) mass is 276 g/mol. The molecule has 1 aliphatic carbocycles. The summed E-state index contributed by atoms with van der Waals surface area (Å²) >= 11 is 6.31. The average molecular weight is 277 g/mol. The van der Waals surface area contributed by atoms with E-state index in [2.05, 4.69) is 18.3 Å². The second-order valence-electron chi connectivity index (χ2n) is 4.87. The van der Waals surface area contributed by atoms with Crippen LogP contribution in [0.2, 0.25) is 5.02 Å². The lowest BCUT2D eigenvalue weighted by atomic mass is 10.1. The Morgan fingerprint density at radius 1 is 1.42 bits per heavy atom. The lowest BCUT2D eigenvalue weighted by molar-refractivity contribution is 0.420. The predicted octanol–water partition coefficient (Wildman–Crippen LogP) is 4.21. The molecule has 1 saturated carbocycles. The van der Waals surface area contributed by atoms with E-state index in [0.29, 0.717) is 10.9 Å². The number of hydrogen-bond acceptors (Lipinski definition) is 3. The van der Waals surface area contributed by atoms with Crippen LogP contribution in [0.3, 0.4) is 0 Å². The highest BCUT2D eigenvalue weighted by molar-refractivity contribution is 6.35. The van der Waals surface area contributed by atoms with Gasteiger partial charge in [0.2, 0.25) is 0 Å². The molecule has 4 heteroatoms. The number of benzene rings is 1. The van der Waals surface area contributed by atoms with Crippen molar-refractivity contribution in [1.29, 1.82) is 0 Å². The van der Waals surface area contributed by atoms with Crippen molar-refractivity contribution in [3.05, 3.63) is 28.9 Å². The number of aromatic nitrogens is 1. The quantitative estimate of drug-likeness (QED) is 0.908. The smallest absolute Gasteiger partial charge is 0.130 e. The number of fused-ring (bicyclic) bond motifs is 1. The van der Waals surface area contributed by atoms with E-state index in [9.17, 15) is 0 Å². The normalized spacial score (nSPS) is 14.7. The zero-order valence-corrected chi connectivity index (χ0v) is 11.9. The first-order valence-corrected chi connectivity index (χ1v) is 7.03. The summed E-state index contributed by atoms with van der Waals surface area (Å²) < 4.78 is 5.45. The third-order valence-corrected chi connectivity index (χ3v) is 3.78. The maximum absolute atomic E-state index is 6.31. The number of ether oxygens (including phenoxy) is 1. The first kappa shape index (κ1) is 12.5. The molecule has 100 valence electrons. The molecule has 0 radical (unpaired) electrons. The van der Waals surface area contributed by atoms with Gasteiger partial charge in [-0.1, -0.05) is 11.6 Å². The Balaban J connectivity index is 2.29. The number of pyridine rings is 1. The Morgan fingerprint density at radius 2 is 2.21 bits per heavy atom. The van der Waals surface area contributed by atoms with Gasteiger partial charge >= 0.3 is 0 Å². The lowest BCUT2D eigenvalue weighted by Gasteiger charge is -2.14. The Kier molecular flexibility index (Phi) is 3.23. The van der Waals surface area contributed by atoms with Crippen LogP contribution in [0.4, 0.5) is 5.69 Å². The third kappa shape index (κ3) is 2.23. The minimum absolute atomic E-state index is 0.601. The summed E-state index contributed by atoms with van der Waals surface area (Å²) in [5, 5.41) is 5.05. The SMILES string of the molecule is CCNc1cc(C2CC2)nc2c(Cl)ccc(OC)c12. The molecule has 2 aromatic rings. The third-order valence-electron chi connectivity index (χ3n) is 3.48. The van der Waals surface area contributed by atoms with Gasteiger partial charge in [-0.25, -0.2) is 0 Å². The van der Waals surface area contributed by atoms with Crippen molar-refractivity contribution < 1.29 is 4.74 Å². The van der Waals surface area contributed by atoms with Crippen LogP contribution < -0.4 is 10.1 Å². The fourth-order valence-corrected chi connectivity index (χ4v) is 2.59. The summed E-state index contributed by atoms with van der Waals surface area (Å²) in [6.07, 6.45) is 2.46. The highest BCUT2D eigenvalue weighted by Gasteiger charge is 2.26. The molecule has 0 atom stereocenters. The Morgan fingerprint density at radius 3 is 2.84 bits per heavy atom. The minimum atomic E-state index is 0.601. The molecule has 0 spiro atoms. The van der Waals surface area contributed by atoms with Crippen LogP contribution in [0.5, 0.6) is 5.75 Å². The zero-order valence-electron chi connectivity index (χ0n) is 11.2. The van der Waals surface area contributed by atoms with E-state index in [1.165, 1.54) is 12.8 Å². The fourth-order valence-electron chi connectivity index (χ4n) is 2.39. The molecular formula is C15H17ClN2O. The van der Waals surface area contributed by atoms with Gasteiger partial charge in [-0.3, -0.25) is 4.98 Å². The summed E-state index contributed by atoms with van der Waals surface area (Å²) in [4.78, 5) is 4.74. The van der Waals surface area contributed by atoms with E-state index in [1.807, 2.05) is 12.1 Å². The second-order valence-corrected chi connectivity index (χ2v) is 5.28. The van der Waals surface area contributed by atoms with E-state index >= 15 is 0 Å². The van der Waals surface area contributed by atoms with E-state index in [0.717, 1.165) is 34.6 Å². The molecule has 1 N–H and O–H groups in total. The predicted molar refractivity (Wildman–Crippen MR) is 79.4 cm³/mol. The van der Waals surface area contributed by atoms with E-state index in [4.69, 9.17) is 21.3 Å². The van der Waals surface area contributed by atoms with Gasteiger partial charge in [0, 0.05) is 23.8 Å². The average Bonchev–Trinajstić information content (AvgIpc) is 3.24. The largest absolute Gasteiger partial charge is 0.496 e. The van der Waals surface area contributed by atoms with Crippen LogP contribution in [0.25, 0.3) is 10.9 Å². The minimum Gasteiger partial charge on any atom is -0.496 e. The summed E-state index contributed by atoms with van der Waals surface area (Å²) in [6.45, 7) is 2.94. The van der Waals surface area contributed by atoms with Gasteiger partial charge in [0.05, 0.1) is 23.0 Å². The molecule has 0 unspecified atom stereocenters. The number of nitrogens with one attached hydrogen (secondary N) is 1. The Labute approximate surface area is 117 Å². The van der Waals surface area contributed by atoms with Crippen LogP contribution in [-0.4, -0.2) is 18.6 Å². The first-order chi connectivity index (χ1) is 9.24. The molecule has 0 saturated heterocycles. The highest BCUT2D eigenvalue weighted by atomic mass is 35.5. The van der Waals surface area contributed by atoms with Crippen molar-refractivity contribution in [2.75, 3.05) is 19.0 Å². The molecule has 0 amide bonds. The van der Waals surface area contributed by atoms with Crippen LogP contribution in [0, 0.1) is 0 Å². The lowest BCUT2D eigenvalue weighted by Crippen LogP contribution is -2.01. The van der Waals surface area contributed by atoms with Crippen LogP contribution in [-0.2, 0) is 0 Å². The summed E-state index contributed by atoms with van der Waals surface area (Å²) in [7, 11) is 1.67. The van der Waals surface area contributed by atoms with Crippen molar-refractivity contribution in [2.45, 2.75) is 25.7 Å². The number of hydrogen-bond donors (Lipinski definition) is 1. The standard InChI is InChI=1S/C15H17ClN2O/c1-3-17-12-8-11(9-4-5-9)18-15-10(16)6-7-13(19-2)14(12)15/h6-9H,3-5H2,1-2H3,(H,17,18). The Hall–Kier alpha value is -1.48. The van der Waals surface area contributed by atoms with Gasteiger partial charge in [-0.05, 0) is 38.0 Å². The van der Waals surface area contributed by atoms with E-state index in [-0.39, 0.29) is 0 Å².